The van der Waals surface area contributed by atoms with Gasteiger partial charge in [-0.05, 0) is 31.9 Å². The molecule has 3 nitrogen and oxygen atoms in total. The number of carbonyl (C=O) groups is 1. The fraction of sp³-hybridized carbons (Fsp3) is 0.615. The van der Waals surface area contributed by atoms with Crippen molar-refractivity contribution in [3.8, 4) is 0 Å². The van der Waals surface area contributed by atoms with E-state index in [0.717, 1.165) is 42.1 Å². The highest BCUT2D eigenvalue weighted by Gasteiger charge is 2.46. The summed E-state index contributed by atoms with van der Waals surface area (Å²) in [6.07, 6.45) is 3.34. The maximum Gasteiger partial charge on any atom is 0.324 e. The molecule has 0 spiro atoms. The van der Waals surface area contributed by atoms with Crippen molar-refractivity contribution in [2.24, 2.45) is 0 Å². The van der Waals surface area contributed by atoms with E-state index in [0.29, 0.717) is 6.54 Å². The van der Waals surface area contributed by atoms with E-state index < -0.39 is 11.5 Å². The molecule has 0 saturated carbocycles. The molecular weight excluding hydrogens is 270 g/mol. The molecule has 1 fully saturated rings. The number of halogens is 1. The van der Waals surface area contributed by atoms with Crippen LogP contribution in [0.25, 0.3) is 0 Å². The van der Waals surface area contributed by atoms with Crippen LogP contribution in [-0.4, -0.2) is 28.1 Å². The Morgan fingerprint density at radius 1 is 1.67 bits per heavy atom. The van der Waals surface area contributed by atoms with Crippen LogP contribution in [0.4, 0.5) is 0 Å². The lowest BCUT2D eigenvalue weighted by molar-refractivity contribution is -0.150. The summed E-state index contributed by atoms with van der Waals surface area (Å²) in [6.45, 7) is 3.61. The van der Waals surface area contributed by atoms with Gasteiger partial charge in [0.25, 0.3) is 0 Å². The second-order valence-corrected chi connectivity index (χ2v) is 6.28. The third-order valence-electron chi connectivity index (χ3n) is 3.65. The van der Waals surface area contributed by atoms with Gasteiger partial charge in [-0.3, -0.25) is 9.69 Å². The summed E-state index contributed by atoms with van der Waals surface area (Å²) in [5.74, 6) is -0.676. The van der Waals surface area contributed by atoms with E-state index in [4.69, 9.17) is 11.6 Å². The maximum atomic E-state index is 11.7. The van der Waals surface area contributed by atoms with Gasteiger partial charge in [-0.15, -0.1) is 11.3 Å². The van der Waals surface area contributed by atoms with Crippen molar-refractivity contribution in [1.29, 1.82) is 0 Å². The molecule has 1 N–H and O–H groups in total. The molecule has 1 saturated heterocycles. The highest BCUT2D eigenvalue weighted by Crippen LogP contribution is 2.36. The zero-order valence-corrected chi connectivity index (χ0v) is 12.1. The van der Waals surface area contributed by atoms with Crippen LogP contribution >= 0.6 is 22.9 Å². The number of carboxylic acids is 1. The minimum atomic E-state index is -0.676. The average molecular weight is 288 g/mol. The molecule has 1 aliphatic heterocycles. The van der Waals surface area contributed by atoms with Crippen LogP contribution in [-0.2, 0) is 11.3 Å². The molecule has 100 valence electrons. The van der Waals surface area contributed by atoms with E-state index in [1.165, 1.54) is 0 Å². The number of rotatable bonds is 5. The predicted molar refractivity (Wildman–Crippen MR) is 74.2 cm³/mol. The largest absolute Gasteiger partial charge is 0.480 e. The van der Waals surface area contributed by atoms with Gasteiger partial charge < -0.3 is 5.11 Å². The number of nitrogens with zero attached hydrogens (tertiary/aromatic N) is 1. The van der Waals surface area contributed by atoms with E-state index in [-0.39, 0.29) is 0 Å². The first-order valence-electron chi connectivity index (χ1n) is 6.30. The number of aliphatic carboxylic acids is 1. The number of thiophene rings is 1. The van der Waals surface area contributed by atoms with Crippen LogP contribution < -0.4 is 0 Å². The van der Waals surface area contributed by atoms with Gasteiger partial charge in [-0.1, -0.05) is 24.9 Å². The SMILES string of the molecule is CCCC1(C(=O)O)CCCN1Cc1cc(Cl)cs1. The van der Waals surface area contributed by atoms with E-state index in [1.54, 1.807) is 11.3 Å². The van der Waals surface area contributed by atoms with E-state index in [1.807, 2.05) is 18.4 Å². The van der Waals surface area contributed by atoms with Crippen LogP contribution in [0.3, 0.4) is 0 Å². The Balaban J connectivity index is 2.17. The van der Waals surface area contributed by atoms with E-state index in [2.05, 4.69) is 4.90 Å². The smallest absolute Gasteiger partial charge is 0.324 e. The Bertz CT molecular complexity index is 434. The second-order valence-electron chi connectivity index (χ2n) is 4.84. The average Bonchev–Trinajstić information content (AvgIpc) is 2.88. The van der Waals surface area contributed by atoms with Crippen molar-refractivity contribution in [1.82, 2.24) is 4.90 Å². The third-order valence-corrected chi connectivity index (χ3v) is 4.92. The fourth-order valence-corrected chi connectivity index (χ4v) is 3.92. The molecule has 2 heterocycles. The Kier molecular flexibility index (Phi) is 4.30. The van der Waals surface area contributed by atoms with Crippen molar-refractivity contribution in [2.75, 3.05) is 6.54 Å². The maximum absolute atomic E-state index is 11.7. The first-order valence-corrected chi connectivity index (χ1v) is 7.55. The van der Waals surface area contributed by atoms with Crippen LogP contribution in [0.2, 0.25) is 5.02 Å². The standard InChI is InChI=1S/C13H18ClNO2S/c1-2-4-13(12(16)17)5-3-6-15(13)8-11-7-10(14)9-18-11/h7,9H,2-6,8H2,1H3,(H,16,17). The zero-order valence-electron chi connectivity index (χ0n) is 10.5. The van der Waals surface area contributed by atoms with Gasteiger partial charge in [0.1, 0.15) is 5.54 Å². The Morgan fingerprint density at radius 3 is 3.00 bits per heavy atom. The van der Waals surface area contributed by atoms with Gasteiger partial charge in [0.15, 0.2) is 0 Å². The summed E-state index contributed by atoms with van der Waals surface area (Å²) >= 11 is 7.52. The van der Waals surface area contributed by atoms with Crippen LogP contribution in [0.5, 0.6) is 0 Å². The molecule has 18 heavy (non-hydrogen) atoms. The normalized spacial score (nSPS) is 24.6. The molecule has 1 unspecified atom stereocenters. The Morgan fingerprint density at radius 2 is 2.44 bits per heavy atom. The zero-order chi connectivity index (χ0) is 13.2. The predicted octanol–water partition coefficient (Wildman–Crippen LogP) is 3.62. The fourth-order valence-electron chi connectivity index (χ4n) is 2.84. The van der Waals surface area contributed by atoms with Gasteiger partial charge in [0, 0.05) is 16.8 Å². The van der Waals surface area contributed by atoms with E-state index >= 15 is 0 Å². The van der Waals surface area contributed by atoms with Crippen molar-refractivity contribution >= 4 is 28.9 Å². The number of hydrogen-bond acceptors (Lipinski definition) is 3. The first kappa shape index (κ1) is 13.8. The molecule has 1 aliphatic rings. The summed E-state index contributed by atoms with van der Waals surface area (Å²) in [4.78, 5) is 14.9. The van der Waals surface area contributed by atoms with Crippen molar-refractivity contribution in [3.05, 3.63) is 21.3 Å². The molecular formula is C13H18ClNO2S. The van der Waals surface area contributed by atoms with Crippen molar-refractivity contribution < 1.29 is 9.90 Å². The summed E-state index contributed by atoms with van der Waals surface area (Å²) < 4.78 is 0. The van der Waals surface area contributed by atoms with Gasteiger partial charge in [0.2, 0.25) is 0 Å². The Hall–Kier alpha value is -0.580. The summed E-state index contributed by atoms with van der Waals surface area (Å²) in [5.41, 5.74) is -0.661. The number of hydrogen-bond donors (Lipinski definition) is 1. The topological polar surface area (TPSA) is 40.5 Å². The van der Waals surface area contributed by atoms with Gasteiger partial charge in [-0.25, -0.2) is 0 Å². The Labute approximate surface area is 116 Å². The number of carboxylic acid groups (broad SMARTS) is 1. The molecule has 1 aromatic rings. The minimum Gasteiger partial charge on any atom is -0.480 e. The van der Waals surface area contributed by atoms with Crippen LogP contribution in [0.15, 0.2) is 11.4 Å². The molecule has 0 aliphatic carbocycles. The highest BCUT2D eigenvalue weighted by molar-refractivity contribution is 7.10. The lowest BCUT2D eigenvalue weighted by Gasteiger charge is -2.34. The van der Waals surface area contributed by atoms with Crippen LogP contribution in [0, 0.1) is 0 Å². The van der Waals surface area contributed by atoms with Gasteiger partial charge >= 0.3 is 5.97 Å². The van der Waals surface area contributed by atoms with E-state index in [9.17, 15) is 9.90 Å². The second kappa shape index (κ2) is 5.59. The third kappa shape index (κ3) is 2.56. The lowest BCUT2D eigenvalue weighted by Crippen LogP contribution is -2.49. The molecule has 0 amide bonds. The highest BCUT2D eigenvalue weighted by atomic mass is 35.5. The van der Waals surface area contributed by atoms with Crippen molar-refractivity contribution in [2.45, 2.75) is 44.7 Å². The molecule has 0 aromatic carbocycles. The molecule has 1 aromatic heterocycles. The van der Waals surface area contributed by atoms with Crippen molar-refractivity contribution in [3.63, 3.8) is 0 Å². The molecule has 2 rings (SSSR count). The lowest BCUT2D eigenvalue weighted by atomic mass is 9.90. The molecule has 1 atom stereocenters. The van der Waals surface area contributed by atoms with Crippen LogP contribution in [0.1, 0.15) is 37.5 Å². The minimum absolute atomic E-state index is 0.661. The first-order chi connectivity index (χ1) is 8.58. The monoisotopic (exact) mass is 287 g/mol. The molecule has 0 bridgehead atoms. The molecule has 5 heteroatoms. The molecule has 0 radical (unpaired) electrons. The summed E-state index contributed by atoms with van der Waals surface area (Å²) in [5, 5.41) is 12.2. The quantitative estimate of drug-likeness (QED) is 0.899. The summed E-state index contributed by atoms with van der Waals surface area (Å²) in [7, 11) is 0. The summed E-state index contributed by atoms with van der Waals surface area (Å²) in [6, 6.07) is 1.93. The van der Waals surface area contributed by atoms with Gasteiger partial charge in [0.05, 0.1) is 5.02 Å². The number of likely N-dealkylation sites (tertiary alicyclic amines) is 1. The van der Waals surface area contributed by atoms with Gasteiger partial charge in [-0.2, -0.15) is 0 Å².